The van der Waals surface area contributed by atoms with E-state index < -0.39 is 11.6 Å². The summed E-state index contributed by atoms with van der Waals surface area (Å²) in [7, 11) is 0. The molecule has 2 atom stereocenters. The van der Waals surface area contributed by atoms with Crippen LogP contribution in [0.4, 0.5) is 8.78 Å². The largest absolute Gasteiger partial charge is 0.287 e. The van der Waals surface area contributed by atoms with E-state index in [0.29, 0.717) is 25.2 Å². The van der Waals surface area contributed by atoms with Crippen LogP contribution < -0.4 is 0 Å². The van der Waals surface area contributed by atoms with Gasteiger partial charge in [0, 0.05) is 41.5 Å². The minimum absolute atomic E-state index is 0.151. The summed E-state index contributed by atoms with van der Waals surface area (Å²) in [4.78, 5) is 7.13. The van der Waals surface area contributed by atoms with Crippen molar-refractivity contribution in [2.75, 3.05) is 19.6 Å². The molecule has 8 rings (SSSR count). The average molecular weight is 637 g/mol. The van der Waals surface area contributed by atoms with E-state index in [1.54, 1.807) is 22.1 Å². The Labute approximate surface area is 262 Å². The van der Waals surface area contributed by atoms with Crippen LogP contribution in [0, 0.1) is 17.6 Å². The van der Waals surface area contributed by atoms with Crippen LogP contribution in [-0.2, 0) is 19.6 Å². The first-order valence-corrected chi connectivity index (χ1v) is 16.9. The van der Waals surface area contributed by atoms with E-state index in [0.717, 1.165) is 41.6 Å². The molecule has 230 valence electrons. The van der Waals surface area contributed by atoms with E-state index in [1.807, 2.05) is 33.5 Å². The number of fused-ring (bicyclic) bond motifs is 2. The molecule has 3 aliphatic rings. The number of halogens is 2. The molecule has 0 bridgehead atoms. The second-order valence-electron chi connectivity index (χ2n) is 11.5. The highest BCUT2D eigenvalue weighted by atomic mass is 32.1. The van der Waals surface area contributed by atoms with Crippen molar-refractivity contribution in [1.29, 1.82) is 0 Å². The lowest BCUT2D eigenvalue weighted by Crippen LogP contribution is -2.41. The molecule has 6 heterocycles. The van der Waals surface area contributed by atoms with Gasteiger partial charge >= 0.3 is 0 Å². The first kappa shape index (κ1) is 29.3. The highest BCUT2D eigenvalue weighted by molar-refractivity contribution is 7.10. The summed E-state index contributed by atoms with van der Waals surface area (Å²) in [6.45, 7) is 4.75. The van der Waals surface area contributed by atoms with Gasteiger partial charge in [-0.05, 0) is 68.6 Å². The van der Waals surface area contributed by atoms with E-state index in [4.69, 9.17) is 0 Å². The lowest BCUT2D eigenvalue weighted by Gasteiger charge is -2.37. The fourth-order valence-corrected chi connectivity index (χ4v) is 8.34. The minimum Gasteiger partial charge on any atom is -0.287 e. The Bertz CT molecular complexity index is 1630. The Kier molecular flexibility index (Phi) is 8.82. The Morgan fingerprint density at radius 3 is 1.93 bits per heavy atom. The zero-order valence-corrected chi connectivity index (χ0v) is 25.9. The van der Waals surface area contributed by atoms with E-state index in [2.05, 4.69) is 58.4 Å². The van der Waals surface area contributed by atoms with Crippen LogP contribution >= 0.6 is 22.7 Å². The molecule has 0 amide bonds. The van der Waals surface area contributed by atoms with Gasteiger partial charge in [-0.2, -0.15) is 0 Å². The number of rotatable bonds is 6. The molecule has 0 N–H and O–H groups in total. The summed E-state index contributed by atoms with van der Waals surface area (Å²) < 4.78 is 31.2. The Balaban J connectivity index is 0.000000143. The SMILES string of the molecule is Fc1cccc(CN2CCn3nnnc3C2c2cccs2)c1F.c1csc(C2c3nnnn3CCN2CC2CCCCC2)c1. The van der Waals surface area contributed by atoms with Gasteiger partial charge in [-0.25, -0.2) is 18.1 Å². The number of nitrogens with zero attached hydrogens (tertiary/aromatic N) is 10. The van der Waals surface area contributed by atoms with Crippen LogP contribution in [0.3, 0.4) is 0 Å². The molecule has 2 unspecified atom stereocenters. The van der Waals surface area contributed by atoms with Crippen molar-refractivity contribution < 1.29 is 8.78 Å². The molecule has 1 saturated carbocycles. The molecule has 1 aliphatic carbocycles. The minimum atomic E-state index is -0.822. The molecule has 5 aromatic rings. The van der Waals surface area contributed by atoms with Gasteiger partial charge in [-0.1, -0.05) is 43.5 Å². The number of aromatic nitrogens is 8. The van der Waals surface area contributed by atoms with Crippen molar-refractivity contribution in [2.24, 2.45) is 5.92 Å². The number of hydrogen-bond acceptors (Lipinski definition) is 10. The van der Waals surface area contributed by atoms with Gasteiger partial charge in [0.05, 0.1) is 13.1 Å². The second kappa shape index (κ2) is 13.3. The number of tetrazole rings is 2. The summed E-state index contributed by atoms with van der Waals surface area (Å²) in [5, 5.41) is 28.3. The molecule has 1 fully saturated rings. The van der Waals surface area contributed by atoms with Gasteiger partial charge in [0.2, 0.25) is 0 Å². The number of hydrogen-bond donors (Lipinski definition) is 0. The third-order valence-electron chi connectivity index (χ3n) is 8.78. The molecule has 0 radical (unpaired) electrons. The zero-order valence-electron chi connectivity index (χ0n) is 24.3. The first-order valence-electron chi connectivity index (χ1n) is 15.2. The highest BCUT2D eigenvalue weighted by Crippen LogP contribution is 2.36. The topological polar surface area (TPSA) is 93.7 Å². The van der Waals surface area contributed by atoms with Crippen LogP contribution in [0.2, 0.25) is 0 Å². The lowest BCUT2D eigenvalue weighted by molar-refractivity contribution is 0.134. The van der Waals surface area contributed by atoms with Crippen LogP contribution in [0.25, 0.3) is 0 Å². The molecule has 0 spiro atoms. The number of thiophene rings is 2. The molecular weight excluding hydrogens is 603 g/mol. The van der Waals surface area contributed by atoms with Crippen LogP contribution in [0.1, 0.15) is 71.2 Å². The summed E-state index contributed by atoms with van der Waals surface area (Å²) in [6, 6.07) is 12.7. The van der Waals surface area contributed by atoms with Gasteiger partial charge in [0.25, 0.3) is 0 Å². The lowest BCUT2D eigenvalue weighted by atomic mass is 9.88. The smallest absolute Gasteiger partial charge is 0.173 e. The standard InChI is InChI=1S/C15H13F2N5S.C15H21N5S/c16-11-4-1-3-10(13(11)17)9-21-6-7-22-15(18-19-20-22)14(21)12-5-2-8-23-12;1-2-5-12(6-3-1)11-19-8-9-20-15(16-17-18-20)14(19)13-7-4-10-21-13/h1-5,8,14H,6-7,9H2;4,7,10,12,14H,1-3,5-6,8-9,11H2. The summed E-state index contributed by atoms with van der Waals surface area (Å²) in [6.07, 6.45) is 7.00. The normalized spacial score (nSPS) is 21.0. The van der Waals surface area contributed by atoms with Crippen molar-refractivity contribution in [1.82, 2.24) is 50.2 Å². The maximum atomic E-state index is 14.0. The van der Waals surface area contributed by atoms with E-state index in [9.17, 15) is 8.78 Å². The van der Waals surface area contributed by atoms with Crippen LogP contribution in [0.5, 0.6) is 0 Å². The molecule has 2 aliphatic heterocycles. The molecular formula is C30H34F2N10S2. The van der Waals surface area contributed by atoms with E-state index in [1.165, 1.54) is 49.6 Å². The van der Waals surface area contributed by atoms with Crippen molar-refractivity contribution in [3.8, 4) is 0 Å². The maximum Gasteiger partial charge on any atom is 0.173 e. The van der Waals surface area contributed by atoms with Gasteiger partial charge in [0.1, 0.15) is 12.1 Å². The van der Waals surface area contributed by atoms with Gasteiger partial charge in [-0.3, -0.25) is 9.80 Å². The molecule has 14 heteroatoms. The summed E-state index contributed by atoms with van der Waals surface area (Å²) in [5.41, 5.74) is 0.340. The van der Waals surface area contributed by atoms with Gasteiger partial charge in [0.15, 0.2) is 23.3 Å². The molecule has 44 heavy (non-hydrogen) atoms. The molecule has 10 nitrogen and oxygen atoms in total. The van der Waals surface area contributed by atoms with Crippen LogP contribution in [0.15, 0.2) is 53.2 Å². The fraction of sp³-hybridized carbons (Fsp3) is 0.467. The Morgan fingerprint density at radius 2 is 1.32 bits per heavy atom. The first-order chi connectivity index (χ1) is 21.7. The maximum absolute atomic E-state index is 14.0. The van der Waals surface area contributed by atoms with Crippen molar-refractivity contribution in [3.63, 3.8) is 0 Å². The highest BCUT2D eigenvalue weighted by Gasteiger charge is 2.35. The molecule has 0 saturated heterocycles. The van der Waals surface area contributed by atoms with Crippen molar-refractivity contribution in [2.45, 2.75) is 63.8 Å². The average Bonchev–Trinajstić information content (AvgIpc) is 3.88. The summed E-state index contributed by atoms with van der Waals surface area (Å²) in [5.74, 6) is 0.985. The third-order valence-corrected chi connectivity index (χ3v) is 10.6. The van der Waals surface area contributed by atoms with E-state index >= 15 is 0 Å². The monoisotopic (exact) mass is 636 g/mol. The van der Waals surface area contributed by atoms with Crippen LogP contribution in [-0.4, -0.2) is 69.8 Å². The molecule has 1 aromatic carbocycles. The van der Waals surface area contributed by atoms with Gasteiger partial charge in [-0.15, -0.1) is 32.9 Å². The molecule has 4 aromatic heterocycles. The Hall–Kier alpha value is -3.46. The predicted molar refractivity (Wildman–Crippen MR) is 163 cm³/mol. The van der Waals surface area contributed by atoms with Crippen molar-refractivity contribution >= 4 is 22.7 Å². The summed E-state index contributed by atoms with van der Waals surface area (Å²) >= 11 is 3.41. The van der Waals surface area contributed by atoms with Crippen molar-refractivity contribution in [3.05, 3.63) is 91.8 Å². The quantitative estimate of drug-likeness (QED) is 0.247. The zero-order chi connectivity index (χ0) is 29.9. The predicted octanol–water partition coefficient (Wildman–Crippen LogP) is 5.34. The Morgan fingerprint density at radius 1 is 0.705 bits per heavy atom. The fourth-order valence-electron chi connectivity index (χ4n) is 6.63. The second-order valence-corrected chi connectivity index (χ2v) is 13.5. The van der Waals surface area contributed by atoms with Gasteiger partial charge < -0.3 is 0 Å². The number of benzene rings is 1. The van der Waals surface area contributed by atoms with E-state index in [-0.39, 0.29) is 12.1 Å². The third kappa shape index (κ3) is 6.08.